The van der Waals surface area contributed by atoms with Crippen molar-refractivity contribution >= 4 is 11.8 Å². The van der Waals surface area contributed by atoms with Gasteiger partial charge in [-0.3, -0.25) is 4.90 Å². The average molecular weight is 270 g/mol. The van der Waals surface area contributed by atoms with E-state index in [1.165, 1.54) is 51.1 Å². The molecule has 1 heterocycles. The monoisotopic (exact) mass is 270 g/mol. The summed E-state index contributed by atoms with van der Waals surface area (Å²) in [4.78, 5) is 2.81. The molecule has 0 bridgehead atoms. The van der Waals surface area contributed by atoms with Gasteiger partial charge in [0.2, 0.25) is 0 Å². The molecule has 2 nitrogen and oxygen atoms in total. The number of piperazine rings is 1. The molecule has 2 aliphatic rings. The number of nitrogens with zero attached hydrogens (tertiary/aromatic N) is 1. The summed E-state index contributed by atoms with van der Waals surface area (Å²) in [5.74, 6) is 2.21. The summed E-state index contributed by atoms with van der Waals surface area (Å²) in [6.07, 6.45) is 7.61. The predicted molar refractivity (Wildman–Crippen MR) is 82.4 cm³/mol. The largest absolute Gasteiger partial charge is 0.308 e. The van der Waals surface area contributed by atoms with Crippen LogP contribution >= 0.6 is 11.8 Å². The molecule has 0 amide bonds. The first-order valence-corrected chi connectivity index (χ1v) is 8.98. The summed E-state index contributed by atoms with van der Waals surface area (Å²) >= 11 is 1.98. The van der Waals surface area contributed by atoms with Gasteiger partial charge in [-0.2, -0.15) is 11.8 Å². The van der Waals surface area contributed by atoms with E-state index in [1.807, 2.05) is 11.8 Å². The minimum Gasteiger partial charge on any atom is -0.308 e. The molecule has 0 radical (unpaired) electrons. The first kappa shape index (κ1) is 14.7. The minimum atomic E-state index is 0.368. The number of thioether (sulfide) groups is 1. The molecule has 0 aromatic carbocycles. The van der Waals surface area contributed by atoms with Gasteiger partial charge >= 0.3 is 0 Å². The van der Waals surface area contributed by atoms with Gasteiger partial charge in [-0.1, -0.05) is 13.8 Å². The number of hydrogen-bond acceptors (Lipinski definition) is 3. The Labute approximate surface area is 117 Å². The lowest BCUT2D eigenvalue weighted by Gasteiger charge is -2.53. The second-order valence-corrected chi connectivity index (χ2v) is 7.37. The lowest BCUT2D eigenvalue weighted by molar-refractivity contribution is 0.00275. The standard InChI is InChI=1S/C15H30N2S/c1-5-15(6-2)12-17(9-10-18-4)14(3,11-16-15)13-7-8-13/h13,16H,5-12H2,1-4H3. The van der Waals surface area contributed by atoms with Crippen molar-refractivity contribution in [1.82, 2.24) is 10.2 Å². The Morgan fingerprint density at radius 1 is 1.28 bits per heavy atom. The second kappa shape index (κ2) is 5.72. The molecule has 2 fully saturated rings. The fraction of sp³-hybridized carbons (Fsp3) is 1.00. The van der Waals surface area contributed by atoms with Gasteiger partial charge in [0.05, 0.1) is 0 Å². The molecular weight excluding hydrogens is 240 g/mol. The molecule has 0 aromatic rings. The van der Waals surface area contributed by atoms with E-state index in [0.717, 1.165) is 5.92 Å². The van der Waals surface area contributed by atoms with E-state index < -0.39 is 0 Å². The molecule has 18 heavy (non-hydrogen) atoms. The highest BCUT2D eigenvalue weighted by Crippen LogP contribution is 2.45. The van der Waals surface area contributed by atoms with Gasteiger partial charge in [0, 0.05) is 36.5 Å². The van der Waals surface area contributed by atoms with Crippen LogP contribution in [0.2, 0.25) is 0 Å². The third-order valence-electron chi connectivity index (χ3n) is 5.41. The molecule has 1 N–H and O–H groups in total. The highest BCUT2D eigenvalue weighted by Gasteiger charge is 2.50. The van der Waals surface area contributed by atoms with E-state index in [0.29, 0.717) is 11.1 Å². The Bertz CT molecular complexity index is 274. The van der Waals surface area contributed by atoms with Crippen molar-refractivity contribution in [2.45, 2.75) is 57.5 Å². The van der Waals surface area contributed by atoms with E-state index in [-0.39, 0.29) is 0 Å². The van der Waals surface area contributed by atoms with E-state index in [4.69, 9.17) is 0 Å². The number of nitrogens with one attached hydrogen (secondary N) is 1. The van der Waals surface area contributed by atoms with Gasteiger partial charge in [-0.15, -0.1) is 0 Å². The summed E-state index contributed by atoms with van der Waals surface area (Å²) in [6, 6.07) is 0. The lowest BCUT2D eigenvalue weighted by atomic mass is 9.82. The summed E-state index contributed by atoms with van der Waals surface area (Å²) in [5, 5.41) is 3.90. The second-order valence-electron chi connectivity index (χ2n) is 6.39. The zero-order chi connectivity index (χ0) is 13.2. The molecule has 1 atom stereocenters. The SMILES string of the molecule is CCC1(CC)CN(CCSC)C(C)(C2CC2)CN1. The Hall–Kier alpha value is 0.270. The average Bonchev–Trinajstić information content (AvgIpc) is 3.23. The maximum absolute atomic E-state index is 3.90. The van der Waals surface area contributed by atoms with Crippen molar-refractivity contribution in [1.29, 1.82) is 0 Å². The Kier molecular flexibility index (Phi) is 4.66. The maximum Gasteiger partial charge on any atom is 0.0335 e. The lowest BCUT2D eigenvalue weighted by Crippen LogP contribution is -2.69. The molecule has 0 spiro atoms. The Morgan fingerprint density at radius 2 is 1.94 bits per heavy atom. The molecule has 3 heteroatoms. The quantitative estimate of drug-likeness (QED) is 0.799. The molecule has 1 saturated carbocycles. The van der Waals surface area contributed by atoms with E-state index in [2.05, 4.69) is 37.2 Å². The van der Waals surface area contributed by atoms with Crippen LogP contribution < -0.4 is 5.32 Å². The normalized spacial score (nSPS) is 32.7. The maximum atomic E-state index is 3.90. The Morgan fingerprint density at radius 3 is 2.44 bits per heavy atom. The van der Waals surface area contributed by atoms with Gasteiger partial charge in [0.15, 0.2) is 0 Å². The first-order chi connectivity index (χ1) is 8.60. The Balaban J connectivity index is 2.09. The van der Waals surface area contributed by atoms with Crippen LogP contribution in [-0.2, 0) is 0 Å². The fourth-order valence-electron chi connectivity index (χ4n) is 3.45. The molecule has 1 unspecified atom stereocenters. The van der Waals surface area contributed by atoms with Crippen molar-refractivity contribution in [3.05, 3.63) is 0 Å². The van der Waals surface area contributed by atoms with Crippen LogP contribution in [-0.4, -0.2) is 47.6 Å². The van der Waals surface area contributed by atoms with Crippen LogP contribution in [0.4, 0.5) is 0 Å². The minimum absolute atomic E-state index is 0.368. The third kappa shape index (κ3) is 2.73. The zero-order valence-electron chi connectivity index (χ0n) is 12.6. The van der Waals surface area contributed by atoms with Gasteiger partial charge in [-0.25, -0.2) is 0 Å². The van der Waals surface area contributed by atoms with Crippen molar-refractivity contribution in [3.8, 4) is 0 Å². The number of hydrogen-bond donors (Lipinski definition) is 1. The molecule has 0 aromatic heterocycles. The van der Waals surface area contributed by atoms with E-state index in [1.54, 1.807) is 0 Å². The summed E-state index contributed by atoms with van der Waals surface area (Å²) in [6.45, 7) is 10.9. The summed E-state index contributed by atoms with van der Waals surface area (Å²) in [5.41, 5.74) is 0.788. The molecule has 1 aliphatic heterocycles. The molecule has 106 valence electrons. The van der Waals surface area contributed by atoms with Gasteiger partial charge in [0.1, 0.15) is 0 Å². The molecular formula is C15H30N2S. The van der Waals surface area contributed by atoms with Crippen molar-refractivity contribution in [2.75, 3.05) is 31.6 Å². The van der Waals surface area contributed by atoms with Gasteiger partial charge in [-0.05, 0) is 44.8 Å². The molecule has 1 saturated heterocycles. The van der Waals surface area contributed by atoms with Crippen LogP contribution in [0, 0.1) is 5.92 Å². The summed E-state index contributed by atoms with van der Waals surface area (Å²) in [7, 11) is 0. The topological polar surface area (TPSA) is 15.3 Å². The van der Waals surface area contributed by atoms with Gasteiger partial charge < -0.3 is 5.32 Å². The number of rotatable bonds is 6. The first-order valence-electron chi connectivity index (χ1n) is 7.59. The smallest absolute Gasteiger partial charge is 0.0335 e. The van der Waals surface area contributed by atoms with E-state index in [9.17, 15) is 0 Å². The van der Waals surface area contributed by atoms with E-state index >= 15 is 0 Å². The fourth-order valence-corrected chi connectivity index (χ4v) is 3.85. The van der Waals surface area contributed by atoms with Crippen molar-refractivity contribution in [2.24, 2.45) is 5.92 Å². The van der Waals surface area contributed by atoms with Crippen LogP contribution in [0.15, 0.2) is 0 Å². The van der Waals surface area contributed by atoms with Crippen molar-refractivity contribution in [3.63, 3.8) is 0 Å². The van der Waals surface area contributed by atoms with Crippen LogP contribution in [0.25, 0.3) is 0 Å². The zero-order valence-corrected chi connectivity index (χ0v) is 13.4. The molecule has 1 aliphatic carbocycles. The van der Waals surface area contributed by atoms with Crippen LogP contribution in [0.3, 0.4) is 0 Å². The predicted octanol–water partition coefficient (Wildman–Crippen LogP) is 2.98. The highest BCUT2D eigenvalue weighted by molar-refractivity contribution is 7.98. The van der Waals surface area contributed by atoms with Crippen LogP contribution in [0.1, 0.15) is 46.5 Å². The van der Waals surface area contributed by atoms with Crippen molar-refractivity contribution < 1.29 is 0 Å². The van der Waals surface area contributed by atoms with Crippen LogP contribution in [0.5, 0.6) is 0 Å². The summed E-state index contributed by atoms with van der Waals surface area (Å²) < 4.78 is 0. The third-order valence-corrected chi connectivity index (χ3v) is 6.00. The highest BCUT2D eigenvalue weighted by atomic mass is 32.2. The van der Waals surface area contributed by atoms with Gasteiger partial charge in [0.25, 0.3) is 0 Å². The molecule has 2 rings (SSSR count).